The van der Waals surface area contributed by atoms with Crippen LogP contribution in [0.2, 0.25) is 0 Å². The molecule has 1 aliphatic heterocycles. The Balaban J connectivity index is 1.72. The summed E-state index contributed by atoms with van der Waals surface area (Å²) < 4.78 is 0. The van der Waals surface area contributed by atoms with Crippen LogP contribution in [0.25, 0.3) is 0 Å². The van der Waals surface area contributed by atoms with E-state index in [1.165, 1.54) is 17.7 Å². The minimum absolute atomic E-state index is 0.170. The van der Waals surface area contributed by atoms with Gasteiger partial charge in [0.25, 0.3) is 0 Å². The quantitative estimate of drug-likeness (QED) is 0.839. The predicted molar refractivity (Wildman–Crippen MR) is 73.8 cm³/mol. The Morgan fingerprint density at radius 3 is 2.94 bits per heavy atom. The van der Waals surface area contributed by atoms with Crippen LogP contribution < -0.4 is 10.6 Å². The van der Waals surface area contributed by atoms with Crippen LogP contribution in [0.15, 0.2) is 18.2 Å². The lowest BCUT2D eigenvalue weighted by molar-refractivity contribution is -0.117. The van der Waals surface area contributed by atoms with Gasteiger partial charge in [0.05, 0.1) is 0 Å². The maximum atomic E-state index is 12.0. The number of benzene rings is 1. The first kappa shape index (κ1) is 11.6. The van der Waals surface area contributed by atoms with Crippen LogP contribution in [0.3, 0.4) is 0 Å². The highest BCUT2D eigenvalue weighted by Gasteiger charge is 2.50. The molecule has 0 aromatic heterocycles. The monoisotopic (exact) mass is 244 g/mol. The SMILES string of the molecule is CC1(C)CC1C(=O)Nc1ccc2c(c1)CCCN2. The van der Waals surface area contributed by atoms with E-state index in [0.29, 0.717) is 0 Å². The highest BCUT2D eigenvalue weighted by atomic mass is 16.2. The van der Waals surface area contributed by atoms with Gasteiger partial charge in [-0.2, -0.15) is 0 Å². The van der Waals surface area contributed by atoms with E-state index in [2.05, 4.69) is 36.6 Å². The minimum atomic E-state index is 0.170. The third kappa shape index (κ3) is 2.09. The second-order valence-electron chi connectivity index (χ2n) is 6.14. The van der Waals surface area contributed by atoms with E-state index < -0.39 is 0 Å². The van der Waals surface area contributed by atoms with Crippen molar-refractivity contribution in [3.05, 3.63) is 23.8 Å². The van der Waals surface area contributed by atoms with Gasteiger partial charge in [0.1, 0.15) is 0 Å². The summed E-state index contributed by atoms with van der Waals surface area (Å²) in [6, 6.07) is 6.17. The zero-order valence-electron chi connectivity index (χ0n) is 11.0. The molecule has 0 spiro atoms. The molecule has 3 rings (SSSR count). The third-order valence-corrected chi connectivity index (χ3v) is 4.14. The van der Waals surface area contributed by atoms with E-state index in [-0.39, 0.29) is 17.2 Å². The van der Waals surface area contributed by atoms with Crippen LogP contribution in [-0.2, 0) is 11.2 Å². The zero-order valence-corrected chi connectivity index (χ0v) is 11.0. The molecule has 96 valence electrons. The van der Waals surface area contributed by atoms with Crippen molar-refractivity contribution >= 4 is 17.3 Å². The molecule has 3 heteroatoms. The first-order valence-electron chi connectivity index (χ1n) is 6.74. The van der Waals surface area contributed by atoms with Gasteiger partial charge in [0.2, 0.25) is 5.91 Å². The molecular formula is C15H20N2O. The normalized spacial score (nSPS) is 23.8. The van der Waals surface area contributed by atoms with Gasteiger partial charge in [-0.05, 0) is 48.4 Å². The van der Waals surface area contributed by atoms with Gasteiger partial charge in [0, 0.05) is 23.8 Å². The number of rotatable bonds is 2. The maximum Gasteiger partial charge on any atom is 0.228 e. The Bertz CT molecular complexity index is 493. The smallest absolute Gasteiger partial charge is 0.228 e. The van der Waals surface area contributed by atoms with Crippen molar-refractivity contribution in [3.63, 3.8) is 0 Å². The van der Waals surface area contributed by atoms with Gasteiger partial charge in [-0.15, -0.1) is 0 Å². The zero-order chi connectivity index (χ0) is 12.8. The summed E-state index contributed by atoms with van der Waals surface area (Å²) in [6.07, 6.45) is 3.27. The first-order chi connectivity index (χ1) is 8.56. The molecule has 2 N–H and O–H groups in total. The maximum absolute atomic E-state index is 12.0. The highest BCUT2D eigenvalue weighted by Crippen LogP contribution is 2.52. The topological polar surface area (TPSA) is 41.1 Å². The molecule has 1 aromatic rings. The van der Waals surface area contributed by atoms with Crippen molar-refractivity contribution in [2.24, 2.45) is 11.3 Å². The number of aryl methyl sites for hydroxylation is 1. The lowest BCUT2D eigenvalue weighted by atomic mass is 10.0. The van der Waals surface area contributed by atoms with E-state index in [9.17, 15) is 4.79 Å². The van der Waals surface area contributed by atoms with Gasteiger partial charge in [-0.25, -0.2) is 0 Å². The van der Waals surface area contributed by atoms with Gasteiger partial charge in [-0.1, -0.05) is 13.8 Å². The lowest BCUT2D eigenvalue weighted by Gasteiger charge is -2.19. The van der Waals surface area contributed by atoms with Gasteiger partial charge < -0.3 is 10.6 Å². The summed E-state index contributed by atoms with van der Waals surface area (Å²) in [5.74, 6) is 0.357. The first-order valence-corrected chi connectivity index (χ1v) is 6.74. The summed E-state index contributed by atoms with van der Waals surface area (Å²) in [6.45, 7) is 5.34. The molecule has 0 bridgehead atoms. The highest BCUT2D eigenvalue weighted by molar-refractivity contribution is 5.95. The Labute approximate surface area is 108 Å². The van der Waals surface area contributed by atoms with Crippen LogP contribution in [0.4, 0.5) is 11.4 Å². The van der Waals surface area contributed by atoms with Crippen LogP contribution in [0.5, 0.6) is 0 Å². The summed E-state index contributed by atoms with van der Waals surface area (Å²) in [5.41, 5.74) is 3.66. The molecule has 3 nitrogen and oxygen atoms in total. The molecular weight excluding hydrogens is 224 g/mol. The number of anilines is 2. The van der Waals surface area contributed by atoms with E-state index >= 15 is 0 Å². The Hall–Kier alpha value is -1.51. The molecule has 2 aliphatic rings. The summed E-state index contributed by atoms with van der Waals surface area (Å²) in [4.78, 5) is 12.0. The number of hydrogen-bond donors (Lipinski definition) is 2. The van der Waals surface area contributed by atoms with E-state index in [1.807, 2.05) is 6.07 Å². The Morgan fingerprint density at radius 2 is 2.22 bits per heavy atom. The number of carbonyl (C=O) groups is 1. The number of nitrogens with one attached hydrogen (secondary N) is 2. The number of carbonyl (C=O) groups excluding carboxylic acids is 1. The molecule has 1 unspecified atom stereocenters. The van der Waals surface area contributed by atoms with E-state index in [4.69, 9.17) is 0 Å². The van der Waals surface area contributed by atoms with Gasteiger partial charge in [-0.3, -0.25) is 4.79 Å². The number of amides is 1. The fourth-order valence-corrected chi connectivity index (χ4v) is 2.70. The van der Waals surface area contributed by atoms with Crippen LogP contribution in [-0.4, -0.2) is 12.5 Å². The van der Waals surface area contributed by atoms with Crippen LogP contribution >= 0.6 is 0 Å². The Kier molecular flexibility index (Phi) is 2.58. The molecule has 1 heterocycles. The van der Waals surface area contributed by atoms with E-state index in [0.717, 1.165) is 25.1 Å². The largest absolute Gasteiger partial charge is 0.385 e. The van der Waals surface area contributed by atoms with Crippen LogP contribution in [0.1, 0.15) is 32.3 Å². The average Bonchev–Trinajstić information content (AvgIpc) is 2.98. The molecule has 0 radical (unpaired) electrons. The molecule has 1 saturated carbocycles. The summed E-state index contributed by atoms with van der Waals surface area (Å²) in [5, 5.41) is 6.42. The molecule has 1 aromatic carbocycles. The third-order valence-electron chi connectivity index (χ3n) is 4.14. The molecule has 0 saturated heterocycles. The number of hydrogen-bond acceptors (Lipinski definition) is 2. The van der Waals surface area contributed by atoms with Crippen molar-refractivity contribution < 1.29 is 4.79 Å². The van der Waals surface area contributed by atoms with Gasteiger partial charge >= 0.3 is 0 Å². The van der Waals surface area contributed by atoms with Crippen molar-refractivity contribution in [1.29, 1.82) is 0 Å². The molecule has 18 heavy (non-hydrogen) atoms. The molecule has 1 fully saturated rings. The minimum Gasteiger partial charge on any atom is -0.385 e. The number of fused-ring (bicyclic) bond motifs is 1. The van der Waals surface area contributed by atoms with Gasteiger partial charge in [0.15, 0.2) is 0 Å². The fourth-order valence-electron chi connectivity index (χ4n) is 2.70. The predicted octanol–water partition coefficient (Wildman–Crippen LogP) is 3.03. The summed E-state index contributed by atoms with van der Waals surface area (Å²) in [7, 11) is 0. The lowest BCUT2D eigenvalue weighted by Crippen LogP contribution is -2.17. The Morgan fingerprint density at radius 1 is 1.44 bits per heavy atom. The molecule has 1 aliphatic carbocycles. The summed E-state index contributed by atoms with van der Waals surface area (Å²) >= 11 is 0. The van der Waals surface area contributed by atoms with Crippen molar-refractivity contribution in [3.8, 4) is 0 Å². The fraction of sp³-hybridized carbons (Fsp3) is 0.533. The second kappa shape index (κ2) is 4.01. The molecule has 1 amide bonds. The van der Waals surface area contributed by atoms with Crippen molar-refractivity contribution in [2.75, 3.05) is 17.2 Å². The van der Waals surface area contributed by atoms with Crippen molar-refractivity contribution in [2.45, 2.75) is 33.1 Å². The molecule has 1 atom stereocenters. The standard InChI is InChI=1S/C15H20N2O/c1-15(2)9-12(15)14(18)17-11-5-6-13-10(8-11)4-3-7-16-13/h5-6,8,12,16H,3-4,7,9H2,1-2H3,(H,17,18). The average molecular weight is 244 g/mol. The van der Waals surface area contributed by atoms with Crippen molar-refractivity contribution in [1.82, 2.24) is 0 Å². The van der Waals surface area contributed by atoms with Crippen LogP contribution in [0, 0.1) is 11.3 Å². The second-order valence-corrected chi connectivity index (χ2v) is 6.14. The van der Waals surface area contributed by atoms with E-state index in [1.54, 1.807) is 0 Å².